The number of rotatable bonds is 15. The van der Waals surface area contributed by atoms with Crippen LogP contribution in [0.4, 0.5) is 13.6 Å². The number of halogens is 2. The van der Waals surface area contributed by atoms with E-state index in [1.165, 1.54) is 0 Å². The predicted molar refractivity (Wildman–Crippen MR) is 141 cm³/mol. The van der Waals surface area contributed by atoms with Crippen molar-refractivity contribution >= 4 is 35.6 Å². The Hall–Kier alpha value is -4.10. The van der Waals surface area contributed by atoms with Crippen molar-refractivity contribution in [3.05, 3.63) is 35.9 Å². The largest absolute Gasteiger partial charge is 0.475 e. The zero-order valence-corrected chi connectivity index (χ0v) is 23.6. The van der Waals surface area contributed by atoms with Crippen molar-refractivity contribution in [1.82, 2.24) is 16.0 Å². The Kier molecular flexibility index (Phi) is 13.8. The quantitative estimate of drug-likeness (QED) is 0.178. The number of Topliss-reactive ketones (excluding diaryl/α,β-unsaturated/α-hetero) is 1. The lowest BCUT2D eigenvalue weighted by molar-refractivity contribution is -0.151. The monoisotopic (exact) mass is 585 g/mol. The van der Waals surface area contributed by atoms with Crippen LogP contribution < -0.4 is 16.0 Å². The van der Waals surface area contributed by atoms with Crippen molar-refractivity contribution in [1.29, 1.82) is 0 Å². The molecule has 0 fully saturated rings. The summed E-state index contributed by atoms with van der Waals surface area (Å²) in [6.45, 7) is 7.99. The molecule has 41 heavy (non-hydrogen) atoms. The van der Waals surface area contributed by atoms with Gasteiger partial charge in [0.05, 0.1) is 6.42 Å². The van der Waals surface area contributed by atoms with Gasteiger partial charge < -0.3 is 30.5 Å². The van der Waals surface area contributed by atoms with Crippen molar-refractivity contribution in [2.75, 3.05) is 0 Å². The fraction of sp³-hybridized carbons (Fsp3) is 0.556. The van der Waals surface area contributed by atoms with Crippen molar-refractivity contribution in [3.63, 3.8) is 0 Å². The normalized spacial score (nSPS) is 13.5. The summed E-state index contributed by atoms with van der Waals surface area (Å²) in [6, 6.07) is 3.60. The smallest absolute Gasteiger partial charge is 0.408 e. The van der Waals surface area contributed by atoms with E-state index >= 15 is 0 Å². The Balaban J connectivity index is 3.12. The van der Waals surface area contributed by atoms with Crippen LogP contribution in [-0.4, -0.2) is 70.9 Å². The summed E-state index contributed by atoms with van der Waals surface area (Å²) in [5.74, 6) is -6.89. The summed E-state index contributed by atoms with van der Waals surface area (Å²) in [5, 5.41) is 15.5. The molecule has 228 valence electrons. The van der Waals surface area contributed by atoms with Crippen molar-refractivity contribution < 1.29 is 52.1 Å². The average Bonchev–Trinajstić information content (AvgIpc) is 2.84. The third-order valence-electron chi connectivity index (χ3n) is 5.22. The van der Waals surface area contributed by atoms with E-state index in [1.54, 1.807) is 65.0 Å². The van der Waals surface area contributed by atoms with Gasteiger partial charge in [0.15, 0.2) is 0 Å². The van der Waals surface area contributed by atoms with Gasteiger partial charge in [0.2, 0.25) is 18.2 Å². The van der Waals surface area contributed by atoms with E-state index in [-0.39, 0.29) is 18.9 Å². The highest BCUT2D eigenvalue weighted by Crippen LogP contribution is 2.12. The van der Waals surface area contributed by atoms with Crippen LogP contribution >= 0.6 is 0 Å². The Morgan fingerprint density at radius 3 is 1.93 bits per heavy atom. The zero-order valence-electron chi connectivity index (χ0n) is 23.6. The van der Waals surface area contributed by atoms with Gasteiger partial charge in [0.1, 0.15) is 30.3 Å². The minimum atomic E-state index is -3.11. The SMILES string of the molecule is CC(C)CC(NC(=O)[C@H](CC(=O)OCc1ccccc1)NC(=O)OC(C)(C)C)C(=O)NC(CC(F)F)C(=O)C(=O)O. The molecule has 0 heterocycles. The number of carboxylic acid groups (broad SMARTS) is 1. The highest BCUT2D eigenvalue weighted by molar-refractivity contribution is 6.35. The molecule has 3 atom stereocenters. The third kappa shape index (κ3) is 14.2. The number of alkyl carbamates (subject to hydrolysis) is 1. The number of aliphatic carboxylic acids is 1. The number of hydrogen-bond acceptors (Lipinski definition) is 8. The first kappa shape index (κ1) is 34.9. The number of alkyl halides is 2. The Morgan fingerprint density at radius 1 is 0.854 bits per heavy atom. The van der Waals surface area contributed by atoms with Crippen LogP contribution in [-0.2, 0) is 40.1 Å². The number of carbonyl (C=O) groups is 6. The second kappa shape index (κ2) is 16.2. The number of hydrogen-bond donors (Lipinski definition) is 4. The molecule has 0 aliphatic heterocycles. The van der Waals surface area contributed by atoms with Crippen molar-refractivity contribution in [2.45, 2.75) is 90.6 Å². The van der Waals surface area contributed by atoms with Gasteiger partial charge in [-0.25, -0.2) is 18.4 Å². The fourth-order valence-corrected chi connectivity index (χ4v) is 3.43. The van der Waals surface area contributed by atoms with Gasteiger partial charge in [-0.1, -0.05) is 44.2 Å². The number of ketones is 1. The van der Waals surface area contributed by atoms with E-state index in [0.717, 1.165) is 0 Å². The van der Waals surface area contributed by atoms with E-state index in [1.807, 2.05) is 5.32 Å². The Bertz CT molecular complexity index is 1080. The molecule has 1 rings (SSSR count). The molecule has 4 N–H and O–H groups in total. The minimum absolute atomic E-state index is 0.0577. The van der Waals surface area contributed by atoms with Gasteiger partial charge >= 0.3 is 18.0 Å². The topological polar surface area (TPSA) is 177 Å². The van der Waals surface area contributed by atoms with Gasteiger partial charge in [0.25, 0.3) is 5.78 Å². The molecule has 0 bridgehead atoms. The molecule has 0 spiro atoms. The minimum Gasteiger partial charge on any atom is -0.475 e. The highest BCUT2D eigenvalue weighted by atomic mass is 19.3. The average molecular weight is 586 g/mol. The molecule has 14 heteroatoms. The molecule has 0 saturated heterocycles. The van der Waals surface area contributed by atoms with Crippen molar-refractivity contribution in [2.24, 2.45) is 5.92 Å². The second-order valence-electron chi connectivity index (χ2n) is 10.6. The van der Waals surface area contributed by atoms with Gasteiger partial charge in [-0.15, -0.1) is 0 Å². The molecule has 2 unspecified atom stereocenters. The molecule has 0 saturated carbocycles. The number of benzene rings is 1. The molecule has 0 aliphatic rings. The molecule has 1 aromatic rings. The number of amides is 3. The van der Waals surface area contributed by atoms with Gasteiger partial charge in [-0.3, -0.25) is 19.2 Å². The first-order valence-corrected chi connectivity index (χ1v) is 12.8. The van der Waals surface area contributed by atoms with Crippen LogP contribution in [0.2, 0.25) is 0 Å². The summed E-state index contributed by atoms with van der Waals surface area (Å²) in [4.78, 5) is 74.0. The Morgan fingerprint density at radius 2 is 1.41 bits per heavy atom. The van der Waals surface area contributed by atoms with E-state index in [9.17, 15) is 37.5 Å². The van der Waals surface area contributed by atoms with E-state index < -0.39 is 78.6 Å². The predicted octanol–water partition coefficient (Wildman–Crippen LogP) is 2.34. The molecule has 0 radical (unpaired) electrons. The lowest BCUT2D eigenvalue weighted by Crippen LogP contribution is -2.57. The number of ether oxygens (including phenoxy) is 2. The van der Waals surface area contributed by atoms with Crippen LogP contribution in [0, 0.1) is 5.92 Å². The summed E-state index contributed by atoms with van der Waals surface area (Å²) in [6.07, 6.45) is -6.11. The molecular weight excluding hydrogens is 548 g/mol. The van der Waals surface area contributed by atoms with E-state index in [0.29, 0.717) is 5.56 Å². The summed E-state index contributed by atoms with van der Waals surface area (Å²) in [7, 11) is 0. The third-order valence-corrected chi connectivity index (χ3v) is 5.22. The zero-order chi connectivity index (χ0) is 31.3. The number of carbonyl (C=O) groups excluding carboxylic acids is 5. The molecule has 3 amide bonds. The maximum Gasteiger partial charge on any atom is 0.408 e. The van der Waals surface area contributed by atoms with Gasteiger partial charge in [-0.05, 0) is 38.7 Å². The molecule has 0 aliphatic carbocycles. The molecular formula is C27H37F2N3O9. The molecule has 1 aromatic carbocycles. The van der Waals surface area contributed by atoms with Gasteiger partial charge in [0, 0.05) is 6.42 Å². The fourth-order valence-electron chi connectivity index (χ4n) is 3.43. The molecule has 0 aromatic heterocycles. The summed E-state index contributed by atoms with van der Waals surface area (Å²) < 4.78 is 36.3. The van der Waals surface area contributed by atoms with Crippen LogP contribution in [0.3, 0.4) is 0 Å². The van der Waals surface area contributed by atoms with E-state index in [4.69, 9.17) is 14.6 Å². The number of carboxylic acids is 1. The summed E-state index contributed by atoms with van der Waals surface area (Å²) >= 11 is 0. The number of nitrogens with one attached hydrogen (secondary N) is 3. The standard InChI is InChI=1S/C27H37F2N3O9/c1-15(2)11-18(23(35)30-17(12-20(28)29)22(34)25(37)38)31-24(36)19(32-26(39)41-27(3,4)5)13-21(33)40-14-16-9-7-6-8-10-16/h6-10,15,17-20H,11-14H2,1-5H3,(H,30,35)(H,31,36)(H,32,39)(H,37,38)/t17?,18?,19-/m0/s1. The highest BCUT2D eigenvalue weighted by Gasteiger charge is 2.34. The molecule has 12 nitrogen and oxygen atoms in total. The maximum absolute atomic E-state index is 13.2. The second-order valence-corrected chi connectivity index (χ2v) is 10.6. The Labute approximate surface area is 236 Å². The van der Waals surface area contributed by atoms with Crippen LogP contribution in [0.15, 0.2) is 30.3 Å². The van der Waals surface area contributed by atoms with Crippen LogP contribution in [0.25, 0.3) is 0 Å². The number of esters is 1. The lowest BCUT2D eigenvalue weighted by atomic mass is 10.0. The summed E-state index contributed by atoms with van der Waals surface area (Å²) in [5.41, 5.74) is -0.278. The maximum atomic E-state index is 13.2. The van der Waals surface area contributed by atoms with Crippen LogP contribution in [0.5, 0.6) is 0 Å². The van der Waals surface area contributed by atoms with Crippen molar-refractivity contribution in [3.8, 4) is 0 Å². The first-order chi connectivity index (χ1) is 19.0. The van der Waals surface area contributed by atoms with Crippen LogP contribution in [0.1, 0.15) is 59.4 Å². The van der Waals surface area contributed by atoms with Gasteiger partial charge in [-0.2, -0.15) is 0 Å². The van der Waals surface area contributed by atoms with E-state index in [2.05, 4.69) is 10.6 Å². The lowest BCUT2D eigenvalue weighted by Gasteiger charge is -2.26. The first-order valence-electron chi connectivity index (χ1n) is 12.8.